The minimum absolute atomic E-state index is 1.05. The molecule has 2 heteroatoms. The number of fused-ring (bicyclic) bond motifs is 2. The molecule has 0 spiro atoms. The largest absolute Gasteiger partial charge is 0.353 e. The third-order valence-corrected chi connectivity index (χ3v) is 5.05. The fourth-order valence-electron chi connectivity index (χ4n) is 3.66. The first kappa shape index (κ1) is 16.4. The summed E-state index contributed by atoms with van der Waals surface area (Å²) in [6.45, 7) is 0. The SMILES string of the molecule is c1ccc(Nc2cccc3ccccc23)c(Nc2cccc3ccccc23)c1. The Bertz CT molecular complexity index is 1160. The van der Waals surface area contributed by atoms with Gasteiger partial charge in [0.15, 0.2) is 0 Å². The van der Waals surface area contributed by atoms with Crippen LogP contribution in [0.2, 0.25) is 0 Å². The van der Waals surface area contributed by atoms with Crippen molar-refractivity contribution in [3.8, 4) is 0 Å². The molecule has 0 aromatic heterocycles. The first-order valence-electron chi connectivity index (χ1n) is 9.47. The van der Waals surface area contributed by atoms with E-state index in [1.807, 2.05) is 0 Å². The zero-order valence-electron chi connectivity index (χ0n) is 15.4. The lowest BCUT2D eigenvalue weighted by molar-refractivity contribution is 1.53. The van der Waals surface area contributed by atoms with Crippen LogP contribution >= 0.6 is 0 Å². The van der Waals surface area contributed by atoms with Crippen molar-refractivity contribution in [2.24, 2.45) is 0 Å². The molecule has 0 heterocycles. The summed E-state index contributed by atoms with van der Waals surface area (Å²) in [5.74, 6) is 0. The van der Waals surface area contributed by atoms with Gasteiger partial charge in [0.05, 0.1) is 11.4 Å². The van der Waals surface area contributed by atoms with Crippen molar-refractivity contribution in [1.29, 1.82) is 0 Å². The van der Waals surface area contributed by atoms with E-state index >= 15 is 0 Å². The second-order valence-corrected chi connectivity index (χ2v) is 6.85. The zero-order valence-corrected chi connectivity index (χ0v) is 15.4. The van der Waals surface area contributed by atoms with Crippen molar-refractivity contribution in [3.63, 3.8) is 0 Å². The van der Waals surface area contributed by atoms with Crippen molar-refractivity contribution in [3.05, 3.63) is 109 Å². The number of benzene rings is 5. The van der Waals surface area contributed by atoms with Gasteiger partial charge < -0.3 is 10.6 Å². The van der Waals surface area contributed by atoms with E-state index in [0.717, 1.165) is 22.7 Å². The molecule has 0 radical (unpaired) electrons. The second-order valence-electron chi connectivity index (χ2n) is 6.85. The molecule has 0 unspecified atom stereocenters. The monoisotopic (exact) mass is 360 g/mol. The minimum atomic E-state index is 1.05. The average molecular weight is 360 g/mol. The molecule has 2 N–H and O–H groups in total. The molecule has 0 amide bonds. The Morgan fingerprint density at radius 2 is 0.679 bits per heavy atom. The normalized spacial score (nSPS) is 10.9. The molecule has 0 aliphatic heterocycles. The fraction of sp³-hybridized carbons (Fsp3) is 0. The summed E-state index contributed by atoms with van der Waals surface area (Å²) >= 11 is 0. The van der Waals surface area contributed by atoms with Crippen LogP contribution in [0.5, 0.6) is 0 Å². The van der Waals surface area contributed by atoms with E-state index in [1.54, 1.807) is 0 Å². The van der Waals surface area contributed by atoms with E-state index in [2.05, 4.69) is 120 Å². The number of hydrogen-bond donors (Lipinski definition) is 2. The number of nitrogens with one attached hydrogen (secondary N) is 2. The Balaban J connectivity index is 1.54. The average Bonchev–Trinajstić information content (AvgIpc) is 2.76. The van der Waals surface area contributed by atoms with Gasteiger partial charge in [-0.3, -0.25) is 0 Å². The molecule has 5 rings (SSSR count). The molecular formula is C26H20N2. The molecule has 5 aromatic rings. The van der Waals surface area contributed by atoms with Gasteiger partial charge in [0.1, 0.15) is 0 Å². The van der Waals surface area contributed by atoms with Crippen LogP contribution in [0.1, 0.15) is 0 Å². The molecule has 0 saturated carbocycles. The van der Waals surface area contributed by atoms with Crippen LogP contribution in [0, 0.1) is 0 Å². The Labute approximate surface area is 164 Å². The molecule has 2 nitrogen and oxygen atoms in total. The van der Waals surface area contributed by atoms with E-state index in [-0.39, 0.29) is 0 Å². The van der Waals surface area contributed by atoms with Gasteiger partial charge in [-0.05, 0) is 35.0 Å². The summed E-state index contributed by atoms with van der Waals surface area (Å²) in [6.07, 6.45) is 0. The molecule has 0 fully saturated rings. The molecule has 0 atom stereocenters. The van der Waals surface area contributed by atoms with Gasteiger partial charge in [-0.2, -0.15) is 0 Å². The van der Waals surface area contributed by atoms with Gasteiger partial charge in [-0.25, -0.2) is 0 Å². The molecule has 0 aliphatic rings. The van der Waals surface area contributed by atoms with Crippen LogP contribution < -0.4 is 10.6 Å². The second kappa shape index (κ2) is 7.09. The predicted molar refractivity (Wildman–Crippen MR) is 121 cm³/mol. The predicted octanol–water partition coefficient (Wildman–Crippen LogP) is 7.48. The third-order valence-electron chi connectivity index (χ3n) is 5.05. The van der Waals surface area contributed by atoms with Crippen LogP contribution in [0.4, 0.5) is 22.7 Å². The smallest absolute Gasteiger partial charge is 0.0623 e. The minimum Gasteiger partial charge on any atom is -0.353 e. The number of para-hydroxylation sites is 2. The van der Waals surface area contributed by atoms with Crippen LogP contribution in [0.15, 0.2) is 109 Å². The van der Waals surface area contributed by atoms with E-state index in [4.69, 9.17) is 0 Å². The van der Waals surface area contributed by atoms with E-state index in [1.165, 1.54) is 21.5 Å². The van der Waals surface area contributed by atoms with Crippen molar-refractivity contribution < 1.29 is 0 Å². The van der Waals surface area contributed by atoms with E-state index in [0.29, 0.717) is 0 Å². The van der Waals surface area contributed by atoms with Crippen LogP contribution in [-0.4, -0.2) is 0 Å². The summed E-state index contributed by atoms with van der Waals surface area (Å²) in [4.78, 5) is 0. The Morgan fingerprint density at radius 1 is 0.321 bits per heavy atom. The van der Waals surface area contributed by atoms with Gasteiger partial charge in [-0.1, -0.05) is 84.9 Å². The lowest BCUT2D eigenvalue weighted by Crippen LogP contribution is -1.98. The fourth-order valence-corrected chi connectivity index (χ4v) is 3.66. The number of anilines is 4. The lowest BCUT2D eigenvalue weighted by atomic mass is 10.1. The third kappa shape index (κ3) is 3.06. The lowest BCUT2D eigenvalue weighted by Gasteiger charge is -2.16. The van der Waals surface area contributed by atoms with Crippen LogP contribution in [0.3, 0.4) is 0 Å². The first-order chi connectivity index (χ1) is 13.9. The van der Waals surface area contributed by atoms with Gasteiger partial charge in [0.2, 0.25) is 0 Å². The number of hydrogen-bond acceptors (Lipinski definition) is 2. The van der Waals surface area contributed by atoms with Gasteiger partial charge >= 0.3 is 0 Å². The molecule has 0 aliphatic carbocycles. The summed E-state index contributed by atoms with van der Waals surface area (Å²) < 4.78 is 0. The molecule has 0 saturated heterocycles. The Morgan fingerprint density at radius 3 is 1.18 bits per heavy atom. The quantitative estimate of drug-likeness (QED) is 0.347. The summed E-state index contributed by atoms with van der Waals surface area (Å²) in [7, 11) is 0. The van der Waals surface area contributed by atoms with Gasteiger partial charge in [-0.15, -0.1) is 0 Å². The summed E-state index contributed by atoms with van der Waals surface area (Å²) in [5, 5.41) is 12.1. The van der Waals surface area contributed by atoms with Crippen molar-refractivity contribution in [2.45, 2.75) is 0 Å². The van der Waals surface area contributed by atoms with Gasteiger partial charge in [0.25, 0.3) is 0 Å². The maximum absolute atomic E-state index is 3.62. The maximum atomic E-state index is 3.62. The van der Waals surface area contributed by atoms with E-state index < -0.39 is 0 Å². The maximum Gasteiger partial charge on any atom is 0.0623 e. The standard InChI is InChI=1S/C26H20N2/c1-3-13-21-19(9-1)11-7-17-23(21)27-25-15-5-6-16-26(25)28-24-18-8-12-20-10-2-4-14-22(20)24/h1-18,27-28H. The highest BCUT2D eigenvalue weighted by Crippen LogP contribution is 2.33. The highest BCUT2D eigenvalue weighted by Gasteiger charge is 2.07. The van der Waals surface area contributed by atoms with Crippen molar-refractivity contribution in [1.82, 2.24) is 0 Å². The molecule has 5 aromatic carbocycles. The first-order valence-corrected chi connectivity index (χ1v) is 9.47. The Kier molecular flexibility index (Phi) is 4.15. The van der Waals surface area contributed by atoms with Crippen molar-refractivity contribution >= 4 is 44.3 Å². The number of rotatable bonds is 4. The summed E-state index contributed by atoms with van der Waals surface area (Å²) in [5.41, 5.74) is 4.30. The van der Waals surface area contributed by atoms with E-state index in [9.17, 15) is 0 Å². The summed E-state index contributed by atoms with van der Waals surface area (Å²) in [6, 6.07) is 37.9. The molecule has 0 bridgehead atoms. The van der Waals surface area contributed by atoms with Gasteiger partial charge in [0, 0.05) is 22.1 Å². The van der Waals surface area contributed by atoms with Crippen molar-refractivity contribution in [2.75, 3.05) is 10.6 Å². The van der Waals surface area contributed by atoms with Crippen LogP contribution in [-0.2, 0) is 0 Å². The highest BCUT2D eigenvalue weighted by molar-refractivity contribution is 5.99. The zero-order chi connectivity index (χ0) is 18.8. The topological polar surface area (TPSA) is 24.1 Å². The molecule has 134 valence electrons. The Hall–Kier alpha value is -3.78. The van der Waals surface area contributed by atoms with Crippen LogP contribution in [0.25, 0.3) is 21.5 Å². The molecular weight excluding hydrogens is 340 g/mol. The highest BCUT2D eigenvalue weighted by atomic mass is 15.0. The molecule has 28 heavy (non-hydrogen) atoms.